The second-order valence-electron chi connectivity index (χ2n) is 5.10. The fourth-order valence-corrected chi connectivity index (χ4v) is 2.37. The summed E-state index contributed by atoms with van der Waals surface area (Å²) in [6.45, 7) is 6.55. The van der Waals surface area contributed by atoms with Crippen LogP contribution in [0, 0.1) is 12.8 Å². The lowest BCUT2D eigenvalue weighted by atomic mass is 9.94. The molecule has 2 N–H and O–H groups in total. The third kappa shape index (κ3) is 4.51. The zero-order valence-electron chi connectivity index (χ0n) is 11.6. The van der Waals surface area contributed by atoms with E-state index in [1.165, 1.54) is 0 Å². The van der Waals surface area contributed by atoms with E-state index in [1.54, 1.807) is 6.20 Å². The second-order valence-corrected chi connectivity index (χ2v) is 5.10. The Balaban J connectivity index is 0.00000180. The highest BCUT2D eigenvalue weighted by Crippen LogP contribution is 2.14. The van der Waals surface area contributed by atoms with Gasteiger partial charge in [0.2, 0.25) is 5.91 Å². The van der Waals surface area contributed by atoms with Gasteiger partial charge >= 0.3 is 0 Å². The minimum absolute atomic E-state index is 0. The predicted octanol–water partition coefficient (Wildman–Crippen LogP) is 1.12. The molecule has 2 rings (SSSR count). The monoisotopic (exact) mass is 286 g/mol. The maximum Gasteiger partial charge on any atom is 0.237 e. The van der Waals surface area contributed by atoms with E-state index in [-0.39, 0.29) is 24.4 Å². The molecule has 0 aromatic carbocycles. The summed E-state index contributed by atoms with van der Waals surface area (Å²) < 4.78 is 2.04. The quantitative estimate of drug-likeness (QED) is 0.872. The first-order valence-electron chi connectivity index (χ1n) is 6.65. The van der Waals surface area contributed by atoms with Crippen molar-refractivity contribution in [2.75, 3.05) is 13.1 Å². The van der Waals surface area contributed by atoms with Gasteiger partial charge in [0.1, 0.15) is 5.82 Å². The highest BCUT2D eigenvalue weighted by molar-refractivity contribution is 5.85. The minimum Gasteiger partial charge on any atom is -0.353 e. The summed E-state index contributed by atoms with van der Waals surface area (Å²) in [5.74, 6) is 1.74. The van der Waals surface area contributed by atoms with Crippen molar-refractivity contribution in [3.63, 3.8) is 0 Å². The van der Waals surface area contributed by atoms with Crippen LogP contribution < -0.4 is 10.6 Å². The largest absolute Gasteiger partial charge is 0.353 e. The summed E-state index contributed by atoms with van der Waals surface area (Å²) in [6, 6.07) is -0.0161. The van der Waals surface area contributed by atoms with Gasteiger partial charge in [-0.05, 0) is 32.2 Å². The van der Waals surface area contributed by atoms with Crippen molar-refractivity contribution in [2.45, 2.75) is 39.3 Å². The van der Waals surface area contributed by atoms with Gasteiger partial charge in [-0.15, -0.1) is 12.4 Å². The Hall–Kier alpha value is -1.07. The number of halogens is 1. The molecule has 2 heterocycles. The first-order valence-corrected chi connectivity index (χ1v) is 6.65. The van der Waals surface area contributed by atoms with Gasteiger partial charge in [0.05, 0.1) is 6.04 Å². The lowest BCUT2D eigenvalue weighted by Crippen LogP contribution is -2.48. The lowest BCUT2D eigenvalue weighted by molar-refractivity contribution is -0.124. The van der Waals surface area contributed by atoms with Crippen LogP contribution in [0.5, 0.6) is 0 Å². The zero-order valence-corrected chi connectivity index (χ0v) is 12.4. The van der Waals surface area contributed by atoms with Gasteiger partial charge in [-0.25, -0.2) is 4.98 Å². The normalized spacial score (nSPS) is 22.6. The Morgan fingerprint density at radius 1 is 1.63 bits per heavy atom. The van der Waals surface area contributed by atoms with Crippen LogP contribution in [-0.4, -0.2) is 34.6 Å². The van der Waals surface area contributed by atoms with E-state index >= 15 is 0 Å². The van der Waals surface area contributed by atoms with E-state index in [1.807, 2.05) is 17.7 Å². The Bertz CT molecular complexity index is 407. The predicted molar refractivity (Wildman–Crippen MR) is 77.4 cm³/mol. The van der Waals surface area contributed by atoms with Crippen molar-refractivity contribution in [1.29, 1.82) is 0 Å². The third-order valence-electron chi connectivity index (χ3n) is 3.56. The molecule has 1 aromatic heterocycles. The molecule has 1 aliphatic rings. The van der Waals surface area contributed by atoms with Crippen LogP contribution in [0.2, 0.25) is 0 Å². The van der Waals surface area contributed by atoms with Crippen molar-refractivity contribution in [3.8, 4) is 0 Å². The molecule has 1 saturated heterocycles. The Labute approximate surface area is 120 Å². The third-order valence-corrected chi connectivity index (χ3v) is 3.56. The number of carbonyl (C=O) groups is 1. The van der Waals surface area contributed by atoms with Gasteiger partial charge in [-0.1, -0.05) is 6.92 Å². The fraction of sp³-hybridized carbons (Fsp3) is 0.692. The van der Waals surface area contributed by atoms with Crippen molar-refractivity contribution in [2.24, 2.45) is 5.92 Å². The van der Waals surface area contributed by atoms with Crippen LogP contribution in [0.4, 0.5) is 0 Å². The number of nitrogens with zero attached hydrogens (tertiary/aromatic N) is 2. The molecule has 0 radical (unpaired) electrons. The average Bonchev–Trinajstić information content (AvgIpc) is 2.75. The van der Waals surface area contributed by atoms with Gasteiger partial charge in [0.25, 0.3) is 0 Å². The summed E-state index contributed by atoms with van der Waals surface area (Å²) >= 11 is 0. The Morgan fingerprint density at radius 2 is 2.42 bits per heavy atom. The average molecular weight is 287 g/mol. The number of hydrogen-bond acceptors (Lipinski definition) is 3. The van der Waals surface area contributed by atoms with Gasteiger partial charge < -0.3 is 15.2 Å². The van der Waals surface area contributed by atoms with Crippen molar-refractivity contribution in [1.82, 2.24) is 20.2 Å². The van der Waals surface area contributed by atoms with Crippen molar-refractivity contribution in [3.05, 3.63) is 18.2 Å². The summed E-state index contributed by atoms with van der Waals surface area (Å²) in [7, 11) is 0. The van der Waals surface area contributed by atoms with E-state index in [0.29, 0.717) is 12.5 Å². The number of imidazole rings is 1. The Kier molecular flexibility index (Phi) is 6.31. The number of carbonyl (C=O) groups excluding carboxylic acids is 1. The van der Waals surface area contributed by atoms with Crippen LogP contribution >= 0.6 is 12.4 Å². The molecule has 1 amide bonds. The number of rotatable bonds is 4. The maximum atomic E-state index is 12.0. The minimum atomic E-state index is -0.0161. The summed E-state index contributed by atoms with van der Waals surface area (Å²) in [6.07, 6.45) is 5.82. The topological polar surface area (TPSA) is 59.0 Å². The molecule has 0 aliphatic carbocycles. The fourth-order valence-electron chi connectivity index (χ4n) is 2.37. The van der Waals surface area contributed by atoms with Crippen LogP contribution in [-0.2, 0) is 11.3 Å². The first-order chi connectivity index (χ1) is 8.66. The number of hydrogen-bond donors (Lipinski definition) is 2. The van der Waals surface area contributed by atoms with E-state index in [4.69, 9.17) is 0 Å². The number of piperidine rings is 1. The Morgan fingerprint density at radius 3 is 3.05 bits per heavy atom. The zero-order chi connectivity index (χ0) is 13.0. The lowest BCUT2D eigenvalue weighted by Gasteiger charge is -2.27. The molecule has 6 heteroatoms. The van der Waals surface area contributed by atoms with Crippen LogP contribution in [0.25, 0.3) is 0 Å². The summed E-state index contributed by atoms with van der Waals surface area (Å²) in [4.78, 5) is 16.1. The van der Waals surface area contributed by atoms with Crippen LogP contribution in [0.3, 0.4) is 0 Å². The number of aromatic nitrogens is 2. The molecule has 19 heavy (non-hydrogen) atoms. The number of amides is 1. The summed E-state index contributed by atoms with van der Waals surface area (Å²) in [5, 5.41) is 6.26. The highest BCUT2D eigenvalue weighted by atomic mass is 35.5. The molecule has 108 valence electrons. The van der Waals surface area contributed by atoms with Gasteiger partial charge in [0.15, 0.2) is 0 Å². The molecule has 2 atom stereocenters. The SMILES string of the molecule is Cc1nccn1CCNC(=O)C1CC(C)CCN1.Cl. The standard InChI is InChI=1S/C13H22N4O.ClH/c1-10-3-4-15-12(9-10)13(18)16-6-8-17-7-5-14-11(17)2;/h5,7,10,12,15H,3-4,6,8-9H2,1-2H3,(H,16,18);1H. The molecular formula is C13H23ClN4O. The smallest absolute Gasteiger partial charge is 0.237 e. The second kappa shape index (κ2) is 7.50. The molecule has 5 nitrogen and oxygen atoms in total. The van der Waals surface area contributed by atoms with E-state index in [0.717, 1.165) is 31.8 Å². The molecule has 1 fully saturated rings. The molecule has 0 spiro atoms. The molecule has 0 bridgehead atoms. The molecular weight excluding hydrogens is 264 g/mol. The summed E-state index contributed by atoms with van der Waals surface area (Å²) in [5.41, 5.74) is 0. The van der Waals surface area contributed by atoms with Gasteiger partial charge in [-0.2, -0.15) is 0 Å². The van der Waals surface area contributed by atoms with Gasteiger partial charge in [-0.3, -0.25) is 4.79 Å². The first kappa shape index (κ1) is 16.0. The van der Waals surface area contributed by atoms with E-state index in [9.17, 15) is 4.79 Å². The van der Waals surface area contributed by atoms with Crippen LogP contribution in [0.1, 0.15) is 25.6 Å². The van der Waals surface area contributed by atoms with E-state index < -0.39 is 0 Å². The van der Waals surface area contributed by atoms with Crippen molar-refractivity contribution >= 4 is 18.3 Å². The highest BCUT2D eigenvalue weighted by Gasteiger charge is 2.23. The number of aryl methyl sites for hydroxylation is 1. The molecule has 2 unspecified atom stereocenters. The molecule has 1 aromatic rings. The number of nitrogens with one attached hydrogen (secondary N) is 2. The molecule has 0 saturated carbocycles. The molecule has 1 aliphatic heterocycles. The van der Waals surface area contributed by atoms with Crippen molar-refractivity contribution < 1.29 is 4.79 Å². The van der Waals surface area contributed by atoms with Gasteiger partial charge in [0, 0.05) is 25.5 Å². The van der Waals surface area contributed by atoms with Crippen LogP contribution in [0.15, 0.2) is 12.4 Å². The van der Waals surface area contributed by atoms with E-state index in [2.05, 4.69) is 22.5 Å². The maximum absolute atomic E-state index is 12.0.